The zero-order valence-corrected chi connectivity index (χ0v) is 11.9. The number of benzene rings is 2. The summed E-state index contributed by atoms with van der Waals surface area (Å²) in [5, 5.41) is 2.38. The van der Waals surface area contributed by atoms with Crippen LogP contribution >= 0.6 is 22.6 Å². The van der Waals surface area contributed by atoms with Gasteiger partial charge in [0.05, 0.1) is 11.4 Å². The van der Waals surface area contributed by atoms with Crippen LogP contribution in [0.25, 0.3) is 0 Å². The van der Waals surface area contributed by atoms with Crippen LogP contribution in [0, 0.1) is 33.8 Å². The molecule has 0 fully saturated rings. The minimum Gasteiger partial charge on any atom is -0.350 e. The third kappa shape index (κ3) is 2.83. The first-order valence-corrected chi connectivity index (χ1v) is 6.34. The highest BCUT2D eigenvalue weighted by molar-refractivity contribution is 14.1. The average Bonchev–Trinajstić information content (AvgIpc) is 2.34. The number of rotatable bonds is 2. The standard InChI is InChI=1S/C13H8F4IN/c1-6-8(14)5-10(16)12(17)13(6)19-11-3-2-7(18)4-9(11)15/h2-5,19H,1H3. The van der Waals surface area contributed by atoms with Crippen molar-refractivity contribution < 1.29 is 17.6 Å². The maximum atomic E-state index is 13.6. The normalized spacial score (nSPS) is 10.6. The Balaban J connectivity index is 2.49. The molecule has 0 aliphatic heterocycles. The van der Waals surface area contributed by atoms with Crippen molar-refractivity contribution in [3.8, 4) is 0 Å². The van der Waals surface area contributed by atoms with Crippen LogP contribution in [0.2, 0.25) is 0 Å². The van der Waals surface area contributed by atoms with Crippen molar-refractivity contribution in [2.75, 3.05) is 5.32 Å². The molecule has 1 N–H and O–H groups in total. The predicted octanol–water partition coefficient (Wildman–Crippen LogP) is 4.90. The Labute approximate surface area is 120 Å². The quantitative estimate of drug-likeness (QED) is 0.444. The molecule has 19 heavy (non-hydrogen) atoms. The lowest BCUT2D eigenvalue weighted by Crippen LogP contribution is -2.03. The second kappa shape index (κ2) is 5.36. The van der Waals surface area contributed by atoms with Gasteiger partial charge in [0, 0.05) is 15.2 Å². The van der Waals surface area contributed by atoms with E-state index < -0.39 is 29.0 Å². The van der Waals surface area contributed by atoms with Gasteiger partial charge in [-0.3, -0.25) is 0 Å². The summed E-state index contributed by atoms with van der Waals surface area (Å²) in [5.74, 6) is -4.09. The fraction of sp³-hybridized carbons (Fsp3) is 0.0769. The summed E-state index contributed by atoms with van der Waals surface area (Å²) in [5.41, 5.74) is -0.568. The molecule has 2 aromatic carbocycles. The van der Waals surface area contributed by atoms with Crippen LogP contribution in [0.5, 0.6) is 0 Å². The molecule has 2 aromatic rings. The summed E-state index contributed by atoms with van der Waals surface area (Å²) in [7, 11) is 0. The van der Waals surface area contributed by atoms with Gasteiger partial charge in [0.25, 0.3) is 0 Å². The molecule has 0 atom stereocenters. The van der Waals surface area contributed by atoms with E-state index >= 15 is 0 Å². The molecule has 100 valence electrons. The van der Waals surface area contributed by atoms with Crippen LogP contribution in [0.3, 0.4) is 0 Å². The third-order valence-corrected chi connectivity index (χ3v) is 3.28. The van der Waals surface area contributed by atoms with Gasteiger partial charge in [-0.1, -0.05) is 0 Å². The molecule has 2 rings (SSSR count). The first kappa shape index (κ1) is 14.1. The largest absolute Gasteiger partial charge is 0.350 e. The highest BCUT2D eigenvalue weighted by Crippen LogP contribution is 2.29. The molecule has 0 amide bonds. The van der Waals surface area contributed by atoms with Crippen molar-refractivity contribution in [2.24, 2.45) is 0 Å². The van der Waals surface area contributed by atoms with Crippen molar-refractivity contribution in [1.29, 1.82) is 0 Å². The molecule has 0 saturated carbocycles. The maximum Gasteiger partial charge on any atom is 0.182 e. The third-order valence-electron chi connectivity index (χ3n) is 2.61. The van der Waals surface area contributed by atoms with Crippen molar-refractivity contribution in [3.05, 3.63) is 56.7 Å². The summed E-state index contributed by atoms with van der Waals surface area (Å²) in [6, 6.07) is 4.65. The molecular weight excluding hydrogens is 373 g/mol. The Hall–Kier alpha value is -1.31. The fourth-order valence-electron chi connectivity index (χ4n) is 1.56. The van der Waals surface area contributed by atoms with Crippen molar-refractivity contribution in [3.63, 3.8) is 0 Å². The highest BCUT2D eigenvalue weighted by atomic mass is 127. The molecule has 0 bridgehead atoms. The predicted molar refractivity (Wildman–Crippen MR) is 73.5 cm³/mol. The minimum atomic E-state index is -1.32. The molecule has 0 aliphatic rings. The van der Waals surface area contributed by atoms with E-state index in [0.717, 1.165) is 0 Å². The number of halogens is 5. The zero-order valence-electron chi connectivity index (χ0n) is 9.70. The Bertz CT molecular complexity index is 617. The maximum absolute atomic E-state index is 13.6. The molecule has 6 heteroatoms. The average molecular weight is 381 g/mol. The van der Waals surface area contributed by atoms with E-state index in [1.54, 1.807) is 6.07 Å². The van der Waals surface area contributed by atoms with Gasteiger partial charge in [-0.15, -0.1) is 0 Å². The monoisotopic (exact) mass is 381 g/mol. The second-order valence-electron chi connectivity index (χ2n) is 3.90. The topological polar surface area (TPSA) is 12.0 Å². The molecular formula is C13H8F4IN. The Morgan fingerprint density at radius 1 is 0.947 bits per heavy atom. The lowest BCUT2D eigenvalue weighted by atomic mass is 10.1. The first-order valence-electron chi connectivity index (χ1n) is 5.26. The van der Waals surface area contributed by atoms with Gasteiger partial charge < -0.3 is 5.32 Å². The summed E-state index contributed by atoms with van der Waals surface area (Å²) in [6.45, 7) is 1.28. The van der Waals surface area contributed by atoms with E-state index in [9.17, 15) is 17.6 Å². The van der Waals surface area contributed by atoms with E-state index in [1.807, 2.05) is 22.6 Å². The van der Waals surface area contributed by atoms with E-state index in [1.165, 1.54) is 19.1 Å². The van der Waals surface area contributed by atoms with Crippen molar-refractivity contribution >= 4 is 34.0 Å². The van der Waals surface area contributed by atoms with Gasteiger partial charge in [0.15, 0.2) is 11.6 Å². The number of hydrogen-bond acceptors (Lipinski definition) is 1. The number of hydrogen-bond donors (Lipinski definition) is 1. The molecule has 0 unspecified atom stereocenters. The van der Waals surface area contributed by atoms with E-state index in [4.69, 9.17) is 0 Å². The minimum absolute atomic E-state index is 0.0487. The van der Waals surface area contributed by atoms with Crippen LogP contribution in [-0.4, -0.2) is 0 Å². The molecule has 0 heterocycles. The van der Waals surface area contributed by atoms with Crippen LogP contribution < -0.4 is 5.32 Å². The second-order valence-corrected chi connectivity index (χ2v) is 5.15. The first-order chi connectivity index (χ1) is 8.90. The lowest BCUT2D eigenvalue weighted by molar-refractivity contribution is 0.495. The van der Waals surface area contributed by atoms with Crippen LogP contribution in [-0.2, 0) is 0 Å². The van der Waals surface area contributed by atoms with Crippen molar-refractivity contribution in [2.45, 2.75) is 6.92 Å². The molecule has 0 spiro atoms. The van der Waals surface area contributed by atoms with Gasteiger partial charge in [-0.2, -0.15) is 0 Å². The fourth-order valence-corrected chi connectivity index (χ4v) is 2.01. The summed E-state index contributed by atoms with van der Waals surface area (Å²) in [6.07, 6.45) is 0. The molecule has 0 aliphatic carbocycles. The highest BCUT2D eigenvalue weighted by Gasteiger charge is 2.17. The van der Waals surface area contributed by atoms with Gasteiger partial charge in [0.2, 0.25) is 0 Å². The van der Waals surface area contributed by atoms with Crippen LogP contribution in [0.1, 0.15) is 5.56 Å². The van der Waals surface area contributed by atoms with Crippen LogP contribution in [0.15, 0.2) is 24.3 Å². The Morgan fingerprint density at radius 3 is 2.26 bits per heavy atom. The molecule has 0 saturated heterocycles. The van der Waals surface area contributed by atoms with Crippen molar-refractivity contribution in [1.82, 2.24) is 0 Å². The summed E-state index contributed by atoms with van der Waals surface area (Å²) < 4.78 is 54.4. The zero-order chi connectivity index (χ0) is 14.2. The number of nitrogens with one attached hydrogen (secondary N) is 1. The van der Waals surface area contributed by atoms with E-state index in [2.05, 4.69) is 5.32 Å². The summed E-state index contributed by atoms with van der Waals surface area (Å²) in [4.78, 5) is 0. The Morgan fingerprint density at radius 2 is 1.63 bits per heavy atom. The SMILES string of the molecule is Cc1c(F)cc(F)c(F)c1Nc1ccc(I)cc1F. The lowest BCUT2D eigenvalue weighted by Gasteiger charge is -2.12. The van der Waals surface area contributed by atoms with E-state index in [-0.39, 0.29) is 11.3 Å². The number of anilines is 2. The van der Waals surface area contributed by atoms with Gasteiger partial charge in [-0.05, 0) is 47.7 Å². The van der Waals surface area contributed by atoms with E-state index in [0.29, 0.717) is 9.64 Å². The Kier molecular flexibility index (Phi) is 3.98. The molecule has 0 aromatic heterocycles. The smallest absolute Gasteiger partial charge is 0.182 e. The van der Waals surface area contributed by atoms with Gasteiger partial charge in [0.1, 0.15) is 11.6 Å². The van der Waals surface area contributed by atoms with Gasteiger partial charge in [-0.25, -0.2) is 17.6 Å². The van der Waals surface area contributed by atoms with Crippen LogP contribution in [0.4, 0.5) is 28.9 Å². The molecule has 1 nitrogen and oxygen atoms in total. The summed E-state index contributed by atoms with van der Waals surface area (Å²) >= 11 is 1.92. The van der Waals surface area contributed by atoms with Gasteiger partial charge >= 0.3 is 0 Å². The molecule has 0 radical (unpaired) electrons.